The van der Waals surface area contributed by atoms with Crippen molar-refractivity contribution in [2.75, 3.05) is 0 Å². The Hall–Kier alpha value is -0.0800. The molecular weight excluding hydrogens is 272 g/mol. The molecule has 0 aromatic carbocycles. The quantitative estimate of drug-likeness (QED) is 0.754. The SMILES string of the molecule is CC(C)[C@@]1(O)CC[C@H]2C(CC[C@H]3C(C)(C)CCC[C@]23C)[C@@H]1O. The Bertz CT molecular complexity index is 429. The Morgan fingerprint density at radius 2 is 1.64 bits per heavy atom. The van der Waals surface area contributed by atoms with E-state index in [-0.39, 0.29) is 5.92 Å². The Morgan fingerprint density at radius 1 is 0.955 bits per heavy atom. The highest BCUT2D eigenvalue weighted by atomic mass is 16.3. The van der Waals surface area contributed by atoms with E-state index >= 15 is 0 Å². The van der Waals surface area contributed by atoms with Gasteiger partial charge in [0.05, 0.1) is 11.7 Å². The van der Waals surface area contributed by atoms with Gasteiger partial charge in [-0.1, -0.05) is 41.0 Å². The van der Waals surface area contributed by atoms with Crippen LogP contribution in [0.25, 0.3) is 0 Å². The molecule has 0 bridgehead atoms. The summed E-state index contributed by atoms with van der Waals surface area (Å²) in [4.78, 5) is 0. The van der Waals surface area contributed by atoms with Gasteiger partial charge in [0.15, 0.2) is 0 Å². The van der Waals surface area contributed by atoms with E-state index in [1.807, 2.05) is 0 Å². The second-order valence-corrected chi connectivity index (χ2v) is 9.88. The molecule has 22 heavy (non-hydrogen) atoms. The van der Waals surface area contributed by atoms with Crippen LogP contribution in [0.2, 0.25) is 0 Å². The first-order valence-corrected chi connectivity index (χ1v) is 9.53. The first kappa shape index (κ1) is 16.8. The second kappa shape index (κ2) is 5.21. The van der Waals surface area contributed by atoms with Gasteiger partial charge < -0.3 is 10.2 Å². The van der Waals surface area contributed by atoms with Crippen LogP contribution >= 0.6 is 0 Å². The van der Waals surface area contributed by atoms with Crippen molar-refractivity contribution in [2.45, 2.75) is 91.3 Å². The molecule has 2 heteroatoms. The number of hydrogen-bond donors (Lipinski definition) is 2. The van der Waals surface area contributed by atoms with Gasteiger partial charge in [-0.25, -0.2) is 0 Å². The van der Waals surface area contributed by atoms with Crippen LogP contribution in [-0.2, 0) is 0 Å². The summed E-state index contributed by atoms with van der Waals surface area (Å²) in [6, 6.07) is 0. The fraction of sp³-hybridized carbons (Fsp3) is 1.00. The molecule has 0 aromatic heterocycles. The van der Waals surface area contributed by atoms with Crippen LogP contribution in [0.15, 0.2) is 0 Å². The molecule has 0 aromatic rings. The first-order valence-electron chi connectivity index (χ1n) is 9.53. The van der Waals surface area contributed by atoms with Crippen LogP contribution in [0.4, 0.5) is 0 Å². The van der Waals surface area contributed by atoms with E-state index < -0.39 is 11.7 Å². The zero-order valence-corrected chi connectivity index (χ0v) is 15.2. The number of hydrogen-bond acceptors (Lipinski definition) is 2. The highest BCUT2D eigenvalue weighted by Crippen LogP contribution is 2.64. The predicted molar refractivity (Wildman–Crippen MR) is 90.5 cm³/mol. The van der Waals surface area contributed by atoms with Gasteiger partial charge in [0.2, 0.25) is 0 Å². The summed E-state index contributed by atoms with van der Waals surface area (Å²) in [5.74, 6) is 1.82. The minimum atomic E-state index is -0.867. The van der Waals surface area contributed by atoms with Gasteiger partial charge in [-0.3, -0.25) is 0 Å². The largest absolute Gasteiger partial charge is 0.390 e. The van der Waals surface area contributed by atoms with E-state index in [1.54, 1.807) is 0 Å². The van der Waals surface area contributed by atoms with Crippen LogP contribution in [0.3, 0.4) is 0 Å². The molecule has 128 valence electrons. The summed E-state index contributed by atoms with van der Waals surface area (Å²) in [5, 5.41) is 22.0. The van der Waals surface area contributed by atoms with Crippen molar-refractivity contribution < 1.29 is 10.2 Å². The highest BCUT2D eigenvalue weighted by Gasteiger charge is 2.60. The third-order valence-electron chi connectivity index (χ3n) is 8.20. The zero-order chi connectivity index (χ0) is 16.3. The monoisotopic (exact) mass is 308 g/mol. The summed E-state index contributed by atoms with van der Waals surface area (Å²) < 4.78 is 0. The fourth-order valence-corrected chi connectivity index (χ4v) is 6.84. The van der Waals surface area contributed by atoms with Gasteiger partial charge >= 0.3 is 0 Å². The average Bonchev–Trinajstić information content (AvgIpc) is 2.41. The summed E-state index contributed by atoms with van der Waals surface area (Å²) >= 11 is 0. The maximum atomic E-state index is 11.0. The highest BCUT2D eigenvalue weighted by molar-refractivity contribution is 5.10. The lowest BCUT2D eigenvalue weighted by molar-refractivity contribution is -0.212. The van der Waals surface area contributed by atoms with Gasteiger partial charge in [0.25, 0.3) is 0 Å². The zero-order valence-electron chi connectivity index (χ0n) is 15.2. The van der Waals surface area contributed by atoms with Gasteiger partial charge in [0.1, 0.15) is 0 Å². The van der Waals surface area contributed by atoms with Gasteiger partial charge in [-0.15, -0.1) is 0 Å². The molecule has 3 saturated carbocycles. The second-order valence-electron chi connectivity index (χ2n) is 9.88. The van der Waals surface area contributed by atoms with E-state index in [0.29, 0.717) is 22.7 Å². The van der Waals surface area contributed by atoms with Gasteiger partial charge in [-0.05, 0) is 73.0 Å². The molecule has 3 fully saturated rings. The Balaban J connectivity index is 1.90. The minimum Gasteiger partial charge on any atom is -0.390 e. The van der Waals surface area contributed by atoms with Crippen LogP contribution in [-0.4, -0.2) is 21.9 Å². The van der Waals surface area contributed by atoms with E-state index in [1.165, 1.54) is 25.7 Å². The summed E-state index contributed by atoms with van der Waals surface area (Å²) in [6.45, 7) is 11.5. The maximum absolute atomic E-state index is 11.0. The summed E-state index contributed by atoms with van der Waals surface area (Å²) in [5.41, 5.74) is -0.0623. The van der Waals surface area contributed by atoms with Gasteiger partial charge in [-0.2, -0.15) is 0 Å². The molecule has 0 aliphatic heterocycles. The normalized spacial score (nSPS) is 51.3. The molecule has 6 atom stereocenters. The van der Waals surface area contributed by atoms with E-state index in [2.05, 4.69) is 34.6 Å². The molecule has 1 unspecified atom stereocenters. The van der Waals surface area contributed by atoms with Crippen molar-refractivity contribution in [3.63, 3.8) is 0 Å². The fourth-order valence-electron chi connectivity index (χ4n) is 6.84. The maximum Gasteiger partial charge on any atom is 0.0931 e. The van der Waals surface area contributed by atoms with Crippen molar-refractivity contribution in [3.05, 3.63) is 0 Å². The third-order valence-corrected chi connectivity index (χ3v) is 8.20. The molecular formula is C20H36O2. The molecule has 0 spiro atoms. The number of aliphatic hydroxyl groups excluding tert-OH is 1. The number of rotatable bonds is 1. The average molecular weight is 309 g/mol. The molecule has 0 heterocycles. The predicted octanol–water partition coefficient (Wildman–Crippen LogP) is 4.39. The molecule has 3 rings (SSSR count). The van der Waals surface area contributed by atoms with E-state index in [0.717, 1.165) is 25.2 Å². The minimum absolute atomic E-state index is 0.136. The van der Waals surface area contributed by atoms with Crippen molar-refractivity contribution >= 4 is 0 Å². The molecule has 2 nitrogen and oxygen atoms in total. The van der Waals surface area contributed by atoms with E-state index in [4.69, 9.17) is 0 Å². The van der Waals surface area contributed by atoms with Crippen molar-refractivity contribution in [3.8, 4) is 0 Å². The first-order chi connectivity index (χ1) is 10.1. The van der Waals surface area contributed by atoms with Crippen LogP contribution in [0, 0.1) is 34.5 Å². The van der Waals surface area contributed by atoms with Crippen LogP contribution in [0.5, 0.6) is 0 Å². The smallest absolute Gasteiger partial charge is 0.0931 e. The lowest BCUT2D eigenvalue weighted by atomic mass is 9.43. The van der Waals surface area contributed by atoms with Crippen molar-refractivity contribution in [1.82, 2.24) is 0 Å². The lowest BCUT2D eigenvalue weighted by Crippen LogP contribution is -2.62. The molecule has 0 saturated heterocycles. The summed E-state index contributed by atoms with van der Waals surface area (Å²) in [7, 11) is 0. The van der Waals surface area contributed by atoms with Crippen LogP contribution < -0.4 is 0 Å². The Morgan fingerprint density at radius 3 is 2.27 bits per heavy atom. The van der Waals surface area contributed by atoms with Gasteiger partial charge in [0, 0.05) is 0 Å². The Kier molecular flexibility index (Phi) is 3.97. The topological polar surface area (TPSA) is 40.5 Å². The van der Waals surface area contributed by atoms with Crippen molar-refractivity contribution in [2.24, 2.45) is 34.5 Å². The number of fused-ring (bicyclic) bond motifs is 3. The van der Waals surface area contributed by atoms with Crippen molar-refractivity contribution in [1.29, 1.82) is 0 Å². The van der Waals surface area contributed by atoms with Crippen LogP contribution in [0.1, 0.15) is 79.6 Å². The molecule has 3 aliphatic rings. The summed E-state index contributed by atoms with van der Waals surface area (Å²) in [6.07, 6.45) is 7.66. The molecule has 3 aliphatic carbocycles. The molecule has 2 N–H and O–H groups in total. The molecule has 0 radical (unpaired) electrons. The molecule has 0 amide bonds. The third kappa shape index (κ3) is 2.20. The Labute approximate surface area is 136 Å². The standard InChI is InChI=1S/C20H36O2/c1-13(2)20(22)12-9-15-14(17(20)21)7-8-16-18(3,4)10-6-11-19(15,16)5/h13-17,21-22H,6-12H2,1-5H3/t14?,15-,16-,17-,19+,20-/m0/s1. The lowest BCUT2D eigenvalue weighted by Gasteiger charge is -2.63. The van der Waals surface area contributed by atoms with E-state index in [9.17, 15) is 10.2 Å². The number of aliphatic hydroxyl groups is 2.